The second-order valence-corrected chi connectivity index (χ2v) is 1.22. The van der Waals surface area contributed by atoms with Crippen LogP contribution >= 0.6 is 0 Å². The number of hydrogen-bond acceptors (Lipinski definition) is 1. The maximum absolute atomic E-state index is 3.90. The van der Waals surface area contributed by atoms with Crippen LogP contribution in [-0.2, 0) is 0 Å². The van der Waals surface area contributed by atoms with Gasteiger partial charge in [-0.15, -0.1) is 0 Å². The monoisotopic (exact) mass is 157 g/mol. The van der Waals surface area contributed by atoms with E-state index in [4.69, 9.17) is 0 Å². The molecular formula is C10H23N. The van der Waals surface area contributed by atoms with Gasteiger partial charge in [-0.2, -0.15) is 0 Å². The summed E-state index contributed by atoms with van der Waals surface area (Å²) in [5, 5.41) is 0. The molecule has 0 N–H and O–H groups in total. The van der Waals surface area contributed by atoms with E-state index in [0.29, 0.717) is 0 Å². The normalized spacial score (nSPS) is 8.55. The Labute approximate surface area is 72.2 Å². The average Bonchev–Trinajstić information content (AvgIpc) is 2.13. The lowest BCUT2D eigenvalue weighted by molar-refractivity contribution is 1.31. The third-order valence-electron chi connectivity index (χ3n) is 0.523. The van der Waals surface area contributed by atoms with E-state index < -0.39 is 0 Å². The van der Waals surface area contributed by atoms with Crippen molar-refractivity contribution in [1.29, 1.82) is 0 Å². The molecule has 1 heteroatoms. The van der Waals surface area contributed by atoms with Crippen LogP contribution in [0.25, 0.3) is 0 Å². The number of aliphatic imine (C=N–C) groups is 1. The van der Waals surface area contributed by atoms with Crippen LogP contribution < -0.4 is 0 Å². The molecule has 0 saturated heterocycles. The molecule has 0 radical (unpaired) electrons. The van der Waals surface area contributed by atoms with Gasteiger partial charge in [0, 0.05) is 12.4 Å². The van der Waals surface area contributed by atoms with Crippen molar-refractivity contribution < 1.29 is 0 Å². The van der Waals surface area contributed by atoms with E-state index >= 15 is 0 Å². The molecule has 0 aromatic carbocycles. The summed E-state index contributed by atoms with van der Waals surface area (Å²) in [6, 6.07) is 0. The Morgan fingerprint density at radius 1 is 1.09 bits per heavy atom. The summed E-state index contributed by atoms with van der Waals surface area (Å²) in [4.78, 5) is 3.90. The predicted molar refractivity (Wildman–Crippen MR) is 56.3 cm³/mol. The summed E-state index contributed by atoms with van der Waals surface area (Å²) in [6.45, 7) is 12.0. The van der Waals surface area contributed by atoms with E-state index in [9.17, 15) is 0 Å². The second kappa shape index (κ2) is 34.2. The lowest BCUT2D eigenvalue weighted by Gasteiger charge is -1.71. The topological polar surface area (TPSA) is 12.4 Å². The fourth-order valence-electron chi connectivity index (χ4n) is 0.252. The molecule has 11 heavy (non-hydrogen) atoms. The van der Waals surface area contributed by atoms with Gasteiger partial charge in [0.2, 0.25) is 0 Å². The molecule has 68 valence electrons. The fourth-order valence-corrected chi connectivity index (χ4v) is 0.252. The van der Waals surface area contributed by atoms with Crippen LogP contribution in [0.2, 0.25) is 0 Å². The second-order valence-electron chi connectivity index (χ2n) is 1.22. The van der Waals surface area contributed by atoms with Crippen LogP contribution in [0.15, 0.2) is 17.3 Å². The minimum absolute atomic E-state index is 1.02. The van der Waals surface area contributed by atoms with Crippen molar-refractivity contribution in [1.82, 2.24) is 0 Å². The summed E-state index contributed by atoms with van der Waals surface area (Å²) in [5.74, 6) is 0. The zero-order valence-corrected chi connectivity index (χ0v) is 8.89. The highest BCUT2D eigenvalue weighted by atomic mass is 14.6. The van der Waals surface area contributed by atoms with Crippen molar-refractivity contribution in [2.24, 2.45) is 4.99 Å². The fraction of sp³-hybridized carbons (Fsp3) is 0.700. The molecule has 0 heterocycles. The first-order chi connectivity index (χ1) is 5.41. The molecule has 0 rings (SSSR count). The van der Waals surface area contributed by atoms with Gasteiger partial charge < -0.3 is 0 Å². The van der Waals surface area contributed by atoms with Crippen molar-refractivity contribution >= 4 is 6.21 Å². The molecule has 0 aliphatic carbocycles. The van der Waals surface area contributed by atoms with E-state index in [1.807, 2.05) is 46.9 Å². The minimum Gasteiger partial charge on any atom is -0.269 e. The van der Waals surface area contributed by atoms with E-state index in [2.05, 4.69) is 11.9 Å². The molecule has 0 aliphatic rings. The molecule has 0 saturated carbocycles. The van der Waals surface area contributed by atoms with Crippen molar-refractivity contribution in [3.63, 3.8) is 0 Å². The molecule has 0 amide bonds. The largest absolute Gasteiger partial charge is 0.269 e. The van der Waals surface area contributed by atoms with Crippen LogP contribution in [0, 0.1) is 0 Å². The van der Waals surface area contributed by atoms with Crippen molar-refractivity contribution in [3.05, 3.63) is 12.3 Å². The van der Waals surface area contributed by atoms with Crippen molar-refractivity contribution in [2.75, 3.05) is 0 Å². The summed E-state index contributed by atoms with van der Waals surface area (Å²) < 4.78 is 0. The number of allylic oxidation sites excluding steroid dienone is 1. The molecule has 0 aromatic heterocycles. The standard InChI is InChI=1S/C6H11N.2C2H6/c1-3-5-7-6-4-2;2*1-2/h3,5-6H,4H2,1-2H3;2*1-2H3/b5-3-,7-6?;;. The highest BCUT2D eigenvalue weighted by Gasteiger charge is 1.58. The van der Waals surface area contributed by atoms with Gasteiger partial charge in [0.1, 0.15) is 0 Å². The molecule has 0 fully saturated rings. The maximum Gasteiger partial charge on any atom is 0.0221 e. The first-order valence-electron chi connectivity index (χ1n) is 4.54. The maximum atomic E-state index is 3.90. The van der Waals surface area contributed by atoms with Crippen LogP contribution in [0.5, 0.6) is 0 Å². The molecule has 0 aromatic rings. The van der Waals surface area contributed by atoms with Crippen LogP contribution in [0.4, 0.5) is 0 Å². The van der Waals surface area contributed by atoms with Crippen LogP contribution in [-0.4, -0.2) is 6.21 Å². The molecule has 0 atom stereocenters. The SMILES string of the molecule is C/C=C\N=CCC.CC.CC. The van der Waals surface area contributed by atoms with Crippen LogP contribution in [0.1, 0.15) is 48.0 Å². The van der Waals surface area contributed by atoms with Gasteiger partial charge in [-0.3, -0.25) is 4.99 Å². The summed E-state index contributed by atoms with van der Waals surface area (Å²) in [6.07, 6.45) is 6.58. The molecule has 1 nitrogen and oxygen atoms in total. The number of rotatable bonds is 2. The van der Waals surface area contributed by atoms with Gasteiger partial charge in [0.25, 0.3) is 0 Å². The smallest absolute Gasteiger partial charge is 0.0221 e. The quantitative estimate of drug-likeness (QED) is 0.536. The number of nitrogens with zero attached hydrogens (tertiary/aromatic N) is 1. The van der Waals surface area contributed by atoms with Gasteiger partial charge in [-0.25, -0.2) is 0 Å². The van der Waals surface area contributed by atoms with Crippen molar-refractivity contribution in [3.8, 4) is 0 Å². The van der Waals surface area contributed by atoms with Gasteiger partial charge in [-0.05, 0) is 13.3 Å². The van der Waals surface area contributed by atoms with Crippen molar-refractivity contribution in [2.45, 2.75) is 48.0 Å². The first-order valence-corrected chi connectivity index (χ1v) is 4.54. The van der Waals surface area contributed by atoms with Gasteiger partial charge in [0.15, 0.2) is 0 Å². The Hall–Kier alpha value is -0.590. The molecule has 0 bridgehead atoms. The molecule has 0 spiro atoms. The zero-order chi connectivity index (χ0) is 9.54. The first kappa shape index (κ1) is 16.8. The molecule has 0 aliphatic heterocycles. The Morgan fingerprint density at radius 2 is 1.55 bits per heavy atom. The van der Waals surface area contributed by atoms with E-state index in [-0.39, 0.29) is 0 Å². The van der Waals surface area contributed by atoms with Gasteiger partial charge in [0.05, 0.1) is 0 Å². The predicted octanol–water partition coefficient (Wildman–Crippen LogP) is 4.05. The van der Waals surface area contributed by atoms with E-state index in [1.165, 1.54) is 0 Å². The van der Waals surface area contributed by atoms with Crippen LogP contribution in [0.3, 0.4) is 0 Å². The Kier molecular flexibility index (Phi) is 52.2. The van der Waals surface area contributed by atoms with Gasteiger partial charge >= 0.3 is 0 Å². The van der Waals surface area contributed by atoms with Gasteiger partial charge in [-0.1, -0.05) is 40.7 Å². The molecular weight excluding hydrogens is 134 g/mol. The average molecular weight is 157 g/mol. The van der Waals surface area contributed by atoms with E-state index in [0.717, 1.165) is 6.42 Å². The van der Waals surface area contributed by atoms with E-state index in [1.54, 1.807) is 6.20 Å². The highest BCUT2D eigenvalue weighted by Crippen LogP contribution is 1.72. The molecule has 0 unspecified atom stereocenters. The Balaban J connectivity index is -0.000000138. The summed E-state index contributed by atoms with van der Waals surface area (Å²) >= 11 is 0. The zero-order valence-electron chi connectivity index (χ0n) is 8.89. The summed E-state index contributed by atoms with van der Waals surface area (Å²) in [5.41, 5.74) is 0. The lowest BCUT2D eigenvalue weighted by Crippen LogP contribution is -1.61. The third-order valence-corrected chi connectivity index (χ3v) is 0.523. The number of hydrogen-bond donors (Lipinski definition) is 0. The Bertz CT molecular complexity index is 72.9. The minimum atomic E-state index is 1.02. The highest BCUT2D eigenvalue weighted by molar-refractivity contribution is 5.57. The lowest BCUT2D eigenvalue weighted by atomic mass is 10.5. The third kappa shape index (κ3) is 44.4. The Morgan fingerprint density at radius 3 is 1.82 bits per heavy atom. The summed E-state index contributed by atoms with van der Waals surface area (Å²) in [7, 11) is 0.